The predicted molar refractivity (Wildman–Crippen MR) is 77.4 cm³/mol. The normalized spacial score (nSPS) is 28.2. The first-order chi connectivity index (χ1) is 10.1. The van der Waals surface area contributed by atoms with Gasteiger partial charge in [-0.2, -0.15) is 0 Å². The summed E-state index contributed by atoms with van der Waals surface area (Å²) >= 11 is 0. The van der Waals surface area contributed by atoms with Gasteiger partial charge in [0, 0.05) is 23.9 Å². The zero-order valence-electron chi connectivity index (χ0n) is 11.6. The highest BCUT2D eigenvalue weighted by Crippen LogP contribution is 2.42. The topological polar surface area (TPSA) is 83.7 Å². The number of hydrogen-bond acceptors (Lipinski definition) is 4. The quantitative estimate of drug-likeness (QED) is 0.683. The van der Waals surface area contributed by atoms with Crippen LogP contribution in [0.1, 0.15) is 32.1 Å². The highest BCUT2D eigenvalue weighted by atomic mass is 16.6. The number of non-ortho nitro benzene ring substituents is 1. The predicted octanol–water partition coefficient (Wildman–Crippen LogP) is 2.82. The molecule has 21 heavy (non-hydrogen) atoms. The van der Waals surface area contributed by atoms with Gasteiger partial charge in [0.05, 0.1) is 4.92 Å². The summed E-state index contributed by atoms with van der Waals surface area (Å²) in [5, 5.41) is 20.2. The maximum Gasteiger partial charge on any atom is 0.326 e. The molecule has 3 unspecified atom stereocenters. The summed E-state index contributed by atoms with van der Waals surface area (Å²) in [6.45, 7) is 0. The number of aliphatic carboxylic acids is 1. The lowest BCUT2D eigenvalue weighted by molar-refractivity contribution is -0.384. The smallest absolute Gasteiger partial charge is 0.326 e. The number of rotatable bonds is 3. The fourth-order valence-corrected chi connectivity index (χ4v) is 3.80. The van der Waals surface area contributed by atoms with Crippen LogP contribution in [0.25, 0.3) is 0 Å². The molecule has 0 aromatic heterocycles. The second-order valence-corrected chi connectivity index (χ2v) is 5.88. The van der Waals surface area contributed by atoms with Gasteiger partial charge in [-0.05, 0) is 37.3 Å². The minimum Gasteiger partial charge on any atom is -0.480 e. The van der Waals surface area contributed by atoms with Crippen LogP contribution in [0, 0.1) is 16.0 Å². The van der Waals surface area contributed by atoms with E-state index in [1.165, 1.54) is 18.6 Å². The number of nitro benzene ring substituents is 1. The number of carboxylic acid groups (broad SMARTS) is 1. The van der Waals surface area contributed by atoms with E-state index < -0.39 is 16.9 Å². The average molecular weight is 290 g/mol. The number of benzene rings is 1. The van der Waals surface area contributed by atoms with Gasteiger partial charge >= 0.3 is 5.97 Å². The van der Waals surface area contributed by atoms with Crippen LogP contribution >= 0.6 is 0 Å². The maximum atomic E-state index is 11.6. The number of fused-ring (bicyclic) bond motifs is 1. The summed E-state index contributed by atoms with van der Waals surface area (Å²) in [5.41, 5.74) is 0.812. The van der Waals surface area contributed by atoms with E-state index in [0.29, 0.717) is 12.3 Å². The molecule has 3 atom stereocenters. The van der Waals surface area contributed by atoms with Gasteiger partial charge in [-0.15, -0.1) is 0 Å². The molecule has 6 nitrogen and oxygen atoms in total. The summed E-state index contributed by atoms with van der Waals surface area (Å²) in [6, 6.07) is 5.98. The number of carboxylic acids is 1. The number of nitro groups is 1. The molecule has 6 heteroatoms. The van der Waals surface area contributed by atoms with E-state index in [4.69, 9.17) is 0 Å². The van der Waals surface area contributed by atoms with E-state index in [-0.39, 0.29) is 11.7 Å². The van der Waals surface area contributed by atoms with Gasteiger partial charge in [0.25, 0.3) is 5.69 Å². The SMILES string of the molecule is O=C(O)C1CC2CCCCC2N1c1ccc([N+](=O)[O-])cc1. The number of hydrogen-bond donors (Lipinski definition) is 1. The Bertz CT molecular complexity index is 557. The molecule has 3 rings (SSSR count). The molecule has 1 aliphatic carbocycles. The van der Waals surface area contributed by atoms with Crippen molar-refractivity contribution in [2.45, 2.75) is 44.2 Å². The molecule has 2 fully saturated rings. The van der Waals surface area contributed by atoms with Crippen LogP contribution in [0.2, 0.25) is 0 Å². The van der Waals surface area contributed by atoms with Crippen LogP contribution < -0.4 is 4.90 Å². The largest absolute Gasteiger partial charge is 0.480 e. The number of nitrogens with zero attached hydrogens (tertiary/aromatic N) is 2. The van der Waals surface area contributed by atoms with Gasteiger partial charge in [0.2, 0.25) is 0 Å². The van der Waals surface area contributed by atoms with Crippen LogP contribution in [-0.2, 0) is 4.79 Å². The Morgan fingerprint density at radius 3 is 2.52 bits per heavy atom. The Kier molecular flexibility index (Phi) is 3.53. The third kappa shape index (κ3) is 2.46. The second-order valence-electron chi connectivity index (χ2n) is 5.88. The minimum atomic E-state index is -0.803. The Labute approximate surface area is 122 Å². The van der Waals surface area contributed by atoms with E-state index in [1.807, 2.05) is 4.90 Å². The lowest BCUT2D eigenvalue weighted by atomic mass is 9.84. The van der Waals surface area contributed by atoms with Crippen LogP contribution in [0.4, 0.5) is 11.4 Å². The Hall–Kier alpha value is -2.11. The molecule has 1 saturated carbocycles. The van der Waals surface area contributed by atoms with E-state index >= 15 is 0 Å². The van der Waals surface area contributed by atoms with Gasteiger partial charge in [0.1, 0.15) is 6.04 Å². The first kappa shape index (κ1) is 13.9. The van der Waals surface area contributed by atoms with Crippen molar-refractivity contribution in [3.05, 3.63) is 34.4 Å². The van der Waals surface area contributed by atoms with E-state index in [0.717, 1.165) is 24.9 Å². The molecule has 1 aromatic carbocycles. The van der Waals surface area contributed by atoms with Crippen molar-refractivity contribution in [3.8, 4) is 0 Å². The van der Waals surface area contributed by atoms with E-state index in [1.54, 1.807) is 12.1 Å². The lowest BCUT2D eigenvalue weighted by Gasteiger charge is -2.34. The highest BCUT2D eigenvalue weighted by molar-refractivity contribution is 5.79. The van der Waals surface area contributed by atoms with Crippen LogP contribution in [0.5, 0.6) is 0 Å². The molecule has 1 heterocycles. The number of carbonyl (C=O) groups is 1. The molecule has 0 spiro atoms. The highest BCUT2D eigenvalue weighted by Gasteiger charge is 2.45. The molecule has 0 amide bonds. The molecule has 1 aromatic rings. The Morgan fingerprint density at radius 2 is 1.90 bits per heavy atom. The Morgan fingerprint density at radius 1 is 1.24 bits per heavy atom. The van der Waals surface area contributed by atoms with Crippen molar-refractivity contribution >= 4 is 17.3 Å². The summed E-state index contributed by atoms with van der Waals surface area (Å²) in [7, 11) is 0. The van der Waals surface area contributed by atoms with E-state index in [2.05, 4.69) is 0 Å². The van der Waals surface area contributed by atoms with Crippen LogP contribution in [0.15, 0.2) is 24.3 Å². The first-order valence-corrected chi connectivity index (χ1v) is 7.33. The minimum absolute atomic E-state index is 0.0324. The summed E-state index contributed by atoms with van der Waals surface area (Å²) in [6.07, 6.45) is 5.05. The van der Waals surface area contributed by atoms with Crippen molar-refractivity contribution < 1.29 is 14.8 Å². The first-order valence-electron chi connectivity index (χ1n) is 7.33. The van der Waals surface area contributed by atoms with Crippen molar-refractivity contribution in [3.63, 3.8) is 0 Å². The third-order valence-electron chi connectivity index (χ3n) is 4.73. The monoisotopic (exact) mass is 290 g/mol. The molecular formula is C15H18N2O4. The fourth-order valence-electron chi connectivity index (χ4n) is 3.80. The van der Waals surface area contributed by atoms with Gasteiger partial charge < -0.3 is 10.0 Å². The molecule has 1 aliphatic heterocycles. The van der Waals surface area contributed by atoms with Crippen molar-refractivity contribution in [1.29, 1.82) is 0 Å². The summed E-state index contributed by atoms with van der Waals surface area (Å²) in [4.78, 5) is 23.8. The van der Waals surface area contributed by atoms with Crippen molar-refractivity contribution in [2.75, 3.05) is 4.90 Å². The second kappa shape index (κ2) is 5.35. The summed E-state index contributed by atoms with van der Waals surface area (Å²) in [5.74, 6) is -0.377. The molecule has 2 aliphatic rings. The zero-order chi connectivity index (χ0) is 15.0. The third-order valence-corrected chi connectivity index (χ3v) is 4.73. The van der Waals surface area contributed by atoms with Crippen LogP contribution in [-0.4, -0.2) is 28.1 Å². The van der Waals surface area contributed by atoms with Gasteiger partial charge in [-0.1, -0.05) is 12.8 Å². The standard InChI is InChI=1S/C15H18N2O4/c18-15(19)14-9-10-3-1-2-4-13(10)16(14)11-5-7-12(8-6-11)17(20)21/h5-8,10,13-14H,1-4,9H2,(H,18,19). The molecular weight excluding hydrogens is 272 g/mol. The fraction of sp³-hybridized carbons (Fsp3) is 0.533. The van der Waals surface area contributed by atoms with Crippen molar-refractivity contribution in [1.82, 2.24) is 0 Å². The Balaban J connectivity index is 1.92. The van der Waals surface area contributed by atoms with Gasteiger partial charge in [-0.25, -0.2) is 4.79 Å². The van der Waals surface area contributed by atoms with Gasteiger partial charge in [-0.3, -0.25) is 10.1 Å². The number of anilines is 1. The summed E-state index contributed by atoms with van der Waals surface area (Å²) < 4.78 is 0. The van der Waals surface area contributed by atoms with Crippen molar-refractivity contribution in [2.24, 2.45) is 5.92 Å². The van der Waals surface area contributed by atoms with Crippen LogP contribution in [0.3, 0.4) is 0 Å². The molecule has 1 saturated heterocycles. The maximum absolute atomic E-state index is 11.6. The lowest BCUT2D eigenvalue weighted by Crippen LogP contribution is -2.42. The molecule has 112 valence electrons. The average Bonchev–Trinajstić information content (AvgIpc) is 2.87. The van der Waals surface area contributed by atoms with Gasteiger partial charge in [0.15, 0.2) is 0 Å². The zero-order valence-corrected chi connectivity index (χ0v) is 11.6. The van der Waals surface area contributed by atoms with E-state index in [9.17, 15) is 20.0 Å². The molecule has 0 radical (unpaired) electrons. The molecule has 1 N–H and O–H groups in total. The molecule has 0 bridgehead atoms.